The number of aliphatic hydroxyl groups excluding tert-OH is 1. The molecule has 1 saturated heterocycles. The van der Waals surface area contributed by atoms with Crippen LogP contribution in [0.25, 0.3) is 0 Å². The summed E-state index contributed by atoms with van der Waals surface area (Å²) < 4.78 is 0. The van der Waals surface area contributed by atoms with E-state index < -0.39 is 0 Å². The van der Waals surface area contributed by atoms with Crippen molar-refractivity contribution in [3.05, 3.63) is 28.8 Å². The van der Waals surface area contributed by atoms with Gasteiger partial charge in [0.25, 0.3) is 0 Å². The number of nitrogens with zero attached hydrogens (tertiary/aromatic N) is 1. The molecule has 0 amide bonds. The lowest BCUT2D eigenvalue weighted by Gasteiger charge is -2.33. The van der Waals surface area contributed by atoms with E-state index in [1.165, 1.54) is 24.8 Å². The van der Waals surface area contributed by atoms with Crippen molar-refractivity contribution in [2.45, 2.75) is 45.2 Å². The Bertz CT molecular complexity index is 425. The van der Waals surface area contributed by atoms with Gasteiger partial charge >= 0.3 is 0 Å². The molecule has 0 bridgehead atoms. The van der Waals surface area contributed by atoms with E-state index in [1.807, 2.05) is 12.1 Å². The first-order chi connectivity index (χ1) is 9.77. The fourth-order valence-electron chi connectivity index (χ4n) is 2.95. The van der Waals surface area contributed by atoms with Crippen LogP contribution in [0.1, 0.15) is 38.2 Å². The lowest BCUT2D eigenvalue weighted by molar-refractivity contribution is 0.255. The number of benzene rings is 1. The molecule has 3 nitrogen and oxygen atoms in total. The minimum atomic E-state index is 0.192. The summed E-state index contributed by atoms with van der Waals surface area (Å²) in [7, 11) is 0. The maximum absolute atomic E-state index is 9.71. The molecule has 0 saturated carbocycles. The highest BCUT2D eigenvalue weighted by molar-refractivity contribution is 6.33. The molecule has 1 aliphatic rings. The van der Waals surface area contributed by atoms with Crippen LogP contribution in [0.4, 0.5) is 5.69 Å². The third kappa shape index (κ3) is 3.66. The van der Waals surface area contributed by atoms with Gasteiger partial charge in [-0.2, -0.15) is 0 Å². The van der Waals surface area contributed by atoms with E-state index in [9.17, 15) is 5.11 Å². The number of halogens is 1. The first-order valence-corrected chi connectivity index (χ1v) is 8.01. The molecule has 0 aliphatic carbocycles. The Morgan fingerprint density at radius 3 is 2.95 bits per heavy atom. The summed E-state index contributed by atoms with van der Waals surface area (Å²) in [6.07, 6.45) is 4.64. The Balaban J connectivity index is 2.32. The number of aliphatic hydroxyl groups is 1. The van der Waals surface area contributed by atoms with Crippen LogP contribution >= 0.6 is 11.6 Å². The summed E-state index contributed by atoms with van der Waals surface area (Å²) in [4.78, 5) is 2.32. The summed E-state index contributed by atoms with van der Waals surface area (Å²) in [6.45, 7) is 5.04. The zero-order valence-electron chi connectivity index (χ0n) is 12.2. The molecule has 112 valence electrons. The average Bonchev–Trinajstić information content (AvgIpc) is 2.70. The molecule has 2 N–H and O–H groups in total. The first-order valence-electron chi connectivity index (χ1n) is 7.63. The lowest BCUT2D eigenvalue weighted by Crippen LogP contribution is -2.38. The standard InChI is InChI=1S/C16H25ClN2O/c1-2-18-11-13-7-6-9-15(17)16(13)19-10-5-3-4-8-14(19)12-20/h6-7,9,14,18,20H,2-5,8,10-12H2,1H3. The summed E-state index contributed by atoms with van der Waals surface area (Å²) in [5.74, 6) is 0. The van der Waals surface area contributed by atoms with Gasteiger partial charge in [-0.3, -0.25) is 0 Å². The molecule has 1 aliphatic heterocycles. The maximum Gasteiger partial charge on any atom is 0.0643 e. The van der Waals surface area contributed by atoms with Crippen LogP contribution < -0.4 is 10.2 Å². The highest BCUT2D eigenvalue weighted by atomic mass is 35.5. The minimum absolute atomic E-state index is 0.192. The van der Waals surface area contributed by atoms with Gasteiger partial charge in [0, 0.05) is 13.1 Å². The molecule has 2 rings (SSSR count). The monoisotopic (exact) mass is 296 g/mol. The average molecular weight is 297 g/mol. The molecule has 1 heterocycles. The van der Waals surface area contributed by atoms with Crippen molar-refractivity contribution in [1.82, 2.24) is 5.32 Å². The van der Waals surface area contributed by atoms with Crippen LogP contribution in [0.2, 0.25) is 5.02 Å². The molecule has 1 aromatic rings. The van der Waals surface area contributed by atoms with E-state index in [-0.39, 0.29) is 12.6 Å². The number of hydrogen-bond donors (Lipinski definition) is 2. The SMILES string of the molecule is CCNCc1cccc(Cl)c1N1CCCCCC1CO. The summed E-state index contributed by atoms with van der Waals surface area (Å²) in [6, 6.07) is 6.27. The van der Waals surface area contributed by atoms with E-state index in [0.717, 1.165) is 36.8 Å². The van der Waals surface area contributed by atoms with Gasteiger partial charge in [-0.25, -0.2) is 0 Å². The number of nitrogens with one attached hydrogen (secondary N) is 1. The third-order valence-electron chi connectivity index (χ3n) is 4.01. The predicted octanol–water partition coefficient (Wildman–Crippen LogP) is 3.19. The fourth-order valence-corrected chi connectivity index (χ4v) is 3.25. The van der Waals surface area contributed by atoms with Crippen molar-refractivity contribution < 1.29 is 5.11 Å². The van der Waals surface area contributed by atoms with Gasteiger partial charge in [-0.05, 0) is 31.0 Å². The normalized spacial score (nSPS) is 19.9. The van der Waals surface area contributed by atoms with Gasteiger partial charge in [0.2, 0.25) is 0 Å². The Morgan fingerprint density at radius 1 is 1.35 bits per heavy atom. The molecular weight excluding hydrogens is 272 g/mol. The molecule has 20 heavy (non-hydrogen) atoms. The molecule has 1 fully saturated rings. The van der Waals surface area contributed by atoms with Crippen LogP contribution in [0, 0.1) is 0 Å². The number of hydrogen-bond acceptors (Lipinski definition) is 3. The van der Waals surface area contributed by atoms with Crippen molar-refractivity contribution in [2.75, 3.05) is 24.6 Å². The second-order valence-electron chi connectivity index (χ2n) is 5.41. The Kier molecular flexibility index (Phi) is 6.14. The van der Waals surface area contributed by atoms with Gasteiger partial charge < -0.3 is 15.3 Å². The fraction of sp³-hybridized carbons (Fsp3) is 0.625. The van der Waals surface area contributed by atoms with E-state index >= 15 is 0 Å². The van der Waals surface area contributed by atoms with Crippen LogP contribution in [0.3, 0.4) is 0 Å². The zero-order chi connectivity index (χ0) is 14.4. The van der Waals surface area contributed by atoms with E-state index in [0.29, 0.717) is 0 Å². The van der Waals surface area contributed by atoms with Crippen LogP contribution in [-0.4, -0.2) is 30.8 Å². The Hall–Kier alpha value is -0.770. The highest BCUT2D eigenvalue weighted by Gasteiger charge is 2.24. The van der Waals surface area contributed by atoms with Gasteiger partial charge in [0.05, 0.1) is 23.4 Å². The molecule has 0 radical (unpaired) electrons. The van der Waals surface area contributed by atoms with Crippen molar-refractivity contribution in [3.8, 4) is 0 Å². The van der Waals surface area contributed by atoms with Gasteiger partial charge in [-0.15, -0.1) is 0 Å². The van der Waals surface area contributed by atoms with Crippen molar-refractivity contribution in [1.29, 1.82) is 0 Å². The van der Waals surface area contributed by atoms with Gasteiger partial charge in [-0.1, -0.05) is 43.5 Å². The van der Waals surface area contributed by atoms with Crippen molar-refractivity contribution >= 4 is 17.3 Å². The zero-order valence-corrected chi connectivity index (χ0v) is 13.0. The Morgan fingerprint density at radius 2 is 2.20 bits per heavy atom. The van der Waals surface area contributed by atoms with Crippen LogP contribution in [0.15, 0.2) is 18.2 Å². The van der Waals surface area contributed by atoms with Gasteiger partial charge in [0.1, 0.15) is 0 Å². The molecule has 1 atom stereocenters. The smallest absolute Gasteiger partial charge is 0.0643 e. The summed E-state index contributed by atoms with van der Waals surface area (Å²) in [5.41, 5.74) is 2.33. The number of para-hydroxylation sites is 1. The van der Waals surface area contributed by atoms with Crippen LogP contribution in [0.5, 0.6) is 0 Å². The Labute approximate surface area is 126 Å². The molecule has 1 unspecified atom stereocenters. The van der Waals surface area contributed by atoms with E-state index in [1.54, 1.807) is 0 Å². The topological polar surface area (TPSA) is 35.5 Å². The molecular formula is C16H25ClN2O. The van der Waals surface area contributed by atoms with Crippen molar-refractivity contribution in [3.63, 3.8) is 0 Å². The first kappa shape index (κ1) is 15.6. The van der Waals surface area contributed by atoms with E-state index in [2.05, 4.69) is 23.2 Å². The molecule has 0 aromatic heterocycles. The highest BCUT2D eigenvalue weighted by Crippen LogP contribution is 2.34. The van der Waals surface area contributed by atoms with Crippen LogP contribution in [-0.2, 0) is 6.54 Å². The maximum atomic E-state index is 9.71. The minimum Gasteiger partial charge on any atom is -0.394 e. The quantitative estimate of drug-likeness (QED) is 0.876. The second-order valence-corrected chi connectivity index (χ2v) is 5.81. The van der Waals surface area contributed by atoms with Crippen molar-refractivity contribution in [2.24, 2.45) is 0 Å². The largest absolute Gasteiger partial charge is 0.394 e. The third-order valence-corrected chi connectivity index (χ3v) is 4.32. The molecule has 4 heteroatoms. The van der Waals surface area contributed by atoms with E-state index in [4.69, 9.17) is 11.6 Å². The second kappa shape index (κ2) is 7.87. The molecule has 1 aromatic carbocycles. The lowest BCUT2D eigenvalue weighted by atomic mass is 10.1. The molecule has 0 spiro atoms. The van der Waals surface area contributed by atoms with Gasteiger partial charge in [0.15, 0.2) is 0 Å². The summed E-state index contributed by atoms with van der Waals surface area (Å²) >= 11 is 6.47. The number of rotatable bonds is 5. The summed E-state index contributed by atoms with van der Waals surface area (Å²) in [5, 5.41) is 13.9. The predicted molar refractivity (Wildman–Crippen MR) is 85.5 cm³/mol. The number of anilines is 1.